The van der Waals surface area contributed by atoms with Crippen LogP contribution in [0.5, 0.6) is 0 Å². The van der Waals surface area contributed by atoms with Gasteiger partial charge in [-0.15, -0.1) is 0 Å². The van der Waals surface area contributed by atoms with Gasteiger partial charge in [0.25, 0.3) is 0 Å². The van der Waals surface area contributed by atoms with Crippen LogP contribution >= 0.6 is 0 Å². The third-order valence-electron chi connectivity index (χ3n) is 2.71. The second-order valence-corrected chi connectivity index (χ2v) is 3.59. The Morgan fingerprint density at radius 3 is 3.14 bits per heavy atom. The molecule has 0 spiro atoms. The molecule has 0 fully saturated rings. The first kappa shape index (κ1) is 9.27. The molecule has 1 aromatic heterocycles. The lowest BCUT2D eigenvalue weighted by Gasteiger charge is -2.21. The fourth-order valence-electron chi connectivity index (χ4n) is 1.62. The monoisotopic (exact) mass is 192 g/mol. The molecule has 0 aliphatic carbocycles. The predicted octanol–water partition coefficient (Wildman–Crippen LogP) is 1.44. The van der Waals surface area contributed by atoms with Gasteiger partial charge in [0.05, 0.1) is 12.3 Å². The van der Waals surface area contributed by atoms with Crippen molar-refractivity contribution in [2.75, 3.05) is 0 Å². The van der Waals surface area contributed by atoms with Gasteiger partial charge in [-0.3, -0.25) is 4.79 Å². The zero-order valence-corrected chi connectivity index (χ0v) is 8.28. The van der Waals surface area contributed by atoms with E-state index < -0.39 is 0 Å². The maximum absolute atomic E-state index is 10.5. The fourth-order valence-corrected chi connectivity index (χ4v) is 1.62. The van der Waals surface area contributed by atoms with Gasteiger partial charge in [-0.25, -0.2) is 9.97 Å². The maximum Gasteiger partial charge on any atom is 0.192 e. The summed E-state index contributed by atoms with van der Waals surface area (Å²) in [5.41, 5.74) is 1.49. The molecule has 2 rings (SSSR count). The number of nitrogens with zero attached hydrogens (tertiary/aromatic N) is 2. The third-order valence-corrected chi connectivity index (χ3v) is 2.71. The molecule has 2 heterocycles. The van der Waals surface area contributed by atoms with Gasteiger partial charge in [0.2, 0.25) is 0 Å². The number of fused-ring (bicyclic) bond motifs is 1. The highest BCUT2D eigenvalue weighted by molar-refractivity contribution is 5.68. The van der Waals surface area contributed by atoms with E-state index in [2.05, 4.69) is 9.97 Å². The third kappa shape index (κ3) is 1.23. The Morgan fingerprint density at radius 2 is 2.50 bits per heavy atom. The zero-order valence-electron chi connectivity index (χ0n) is 8.28. The molecule has 0 radical (unpaired) electrons. The minimum absolute atomic E-state index is 0.230. The van der Waals surface area contributed by atoms with Gasteiger partial charge < -0.3 is 4.74 Å². The molecular formula is C10H12N2O2. The summed E-state index contributed by atoms with van der Waals surface area (Å²) in [6, 6.07) is 0. The SMILES string of the molecule is CCC1(C)OCc2cnc(C=O)nc21. The second kappa shape index (κ2) is 3.13. The van der Waals surface area contributed by atoms with E-state index in [1.165, 1.54) is 0 Å². The minimum atomic E-state index is -0.351. The number of rotatable bonds is 2. The molecule has 1 aromatic rings. The minimum Gasteiger partial charge on any atom is -0.364 e. The van der Waals surface area contributed by atoms with E-state index in [1.807, 2.05) is 13.8 Å². The molecule has 0 amide bonds. The van der Waals surface area contributed by atoms with Crippen LogP contribution < -0.4 is 0 Å². The molecule has 0 aromatic carbocycles. The van der Waals surface area contributed by atoms with Gasteiger partial charge in [-0.05, 0) is 13.3 Å². The lowest BCUT2D eigenvalue weighted by Crippen LogP contribution is -2.21. The molecule has 4 nitrogen and oxygen atoms in total. The standard InChI is InChI=1S/C10H12N2O2/c1-3-10(2)9-7(6-14-10)4-11-8(5-13)12-9/h4-5H,3,6H2,1-2H3. The summed E-state index contributed by atoms with van der Waals surface area (Å²) < 4.78 is 5.64. The summed E-state index contributed by atoms with van der Waals surface area (Å²) in [5.74, 6) is 0.230. The topological polar surface area (TPSA) is 52.1 Å². The van der Waals surface area contributed by atoms with Crippen molar-refractivity contribution in [3.05, 3.63) is 23.3 Å². The Kier molecular flexibility index (Phi) is 2.07. The van der Waals surface area contributed by atoms with Crippen molar-refractivity contribution < 1.29 is 9.53 Å². The Bertz CT molecular complexity index is 378. The first-order chi connectivity index (χ1) is 6.69. The molecule has 1 aliphatic heterocycles. The Morgan fingerprint density at radius 1 is 1.71 bits per heavy atom. The van der Waals surface area contributed by atoms with E-state index >= 15 is 0 Å². The van der Waals surface area contributed by atoms with Crippen molar-refractivity contribution in [2.45, 2.75) is 32.5 Å². The average molecular weight is 192 g/mol. The maximum atomic E-state index is 10.5. The molecule has 14 heavy (non-hydrogen) atoms. The Balaban J connectivity index is 2.52. The van der Waals surface area contributed by atoms with E-state index in [0.717, 1.165) is 17.7 Å². The molecule has 74 valence electrons. The highest BCUT2D eigenvalue weighted by Crippen LogP contribution is 2.36. The smallest absolute Gasteiger partial charge is 0.192 e. The van der Waals surface area contributed by atoms with Crippen molar-refractivity contribution in [3.8, 4) is 0 Å². The molecule has 1 atom stereocenters. The number of aromatic nitrogens is 2. The number of hydrogen-bond donors (Lipinski definition) is 0. The van der Waals surface area contributed by atoms with E-state index in [0.29, 0.717) is 12.9 Å². The normalized spacial score (nSPS) is 24.7. The van der Waals surface area contributed by atoms with Gasteiger partial charge >= 0.3 is 0 Å². The van der Waals surface area contributed by atoms with Gasteiger partial charge in [-0.2, -0.15) is 0 Å². The Labute approximate surface area is 82.3 Å². The number of ether oxygens (including phenoxy) is 1. The van der Waals surface area contributed by atoms with E-state index in [1.54, 1.807) is 6.20 Å². The van der Waals surface area contributed by atoms with Crippen LogP contribution in [0, 0.1) is 0 Å². The molecule has 1 aliphatic rings. The summed E-state index contributed by atoms with van der Waals surface area (Å²) in [4.78, 5) is 18.6. The number of aldehydes is 1. The van der Waals surface area contributed by atoms with Crippen LogP contribution in [0.2, 0.25) is 0 Å². The van der Waals surface area contributed by atoms with Crippen molar-refractivity contribution in [1.82, 2.24) is 9.97 Å². The summed E-state index contributed by atoms with van der Waals surface area (Å²) in [6.07, 6.45) is 3.18. The van der Waals surface area contributed by atoms with Crippen molar-refractivity contribution in [2.24, 2.45) is 0 Å². The van der Waals surface area contributed by atoms with Crippen LogP contribution in [0.25, 0.3) is 0 Å². The predicted molar refractivity (Wildman–Crippen MR) is 49.9 cm³/mol. The largest absolute Gasteiger partial charge is 0.364 e. The number of hydrogen-bond acceptors (Lipinski definition) is 4. The number of carbonyl (C=O) groups is 1. The van der Waals surface area contributed by atoms with Crippen molar-refractivity contribution in [1.29, 1.82) is 0 Å². The first-order valence-corrected chi connectivity index (χ1v) is 4.65. The van der Waals surface area contributed by atoms with E-state index in [-0.39, 0.29) is 11.4 Å². The van der Waals surface area contributed by atoms with E-state index in [4.69, 9.17) is 4.74 Å². The fraction of sp³-hybridized carbons (Fsp3) is 0.500. The molecule has 4 heteroatoms. The van der Waals surface area contributed by atoms with E-state index in [9.17, 15) is 4.79 Å². The summed E-state index contributed by atoms with van der Waals surface area (Å²) in [6.45, 7) is 4.57. The lowest BCUT2D eigenvalue weighted by atomic mass is 9.98. The van der Waals surface area contributed by atoms with Crippen LogP contribution in [-0.2, 0) is 16.9 Å². The molecular weight excluding hydrogens is 180 g/mol. The quantitative estimate of drug-likeness (QED) is 0.665. The Hall–Kier alpha value is -1.29. The number of carbonyl (C=O) groups excluding carboxylic acids is 1. The van der Waals surface area contributed by atoms with Gasteiger partial charge in [0, 0.05) is 11.8 Å². The van der Waals surface area contributed by atoms with Crippen LogP contribution in [0.3, 0.4) is 0 Å². The highest BCUT2D eigenvalue weighted by atomic mass is 16.5. The lowest BCUT2D eigenvalue weighted by molar-refractivity contribution is -0.0282. The first-order valence-electron chi connectivity index (χ1n) is 4.65. The van der Waals surface area contributed by atoms with Gasteiger partial charge in [-0.1, -0.05) is 6.92 Å². The summed E-state index contributed by atoms with van der Waals surface area (Å²) >= 11 is 0. The summed E-state index contributed by atoms with van der Waals surface area (Å²) in [5, 5.41) is 0. The second-order valence-electron chi connectivity index (χ2n) is 3.59. The average Bonchev–Trinajstić information content (AvgIpc) is 2.57. The van der Waals surface area contributed by atoms with Crippen LogP contribution in [-0.4, -0.2) is 16.3 Å². The van der Waals surface area contributed by atoms with Crippen LogP contribution in [0.4, 0.5) is 0 Å². The van der Waals surface area contributed by atoms with Crippen LogP contribution in [0.1, 0.15) is 42.1 Å². The zero-order chi connectivity index (χ0) is 10.2. The van der Waals surface area contributed by atoms with Crippen molar-refractivity contribution >= 4 is 6.29 Å². The molecule has 0 saturated heterocycles. The summed E-state index contributed by atoms with van der Waals surface area (Å²) in [7, 11) is 0. The van der Waals surface area contributed by atoms with Crippen LogP contribution in [0.15, 0.2) is 6.20 Å². The van der Waals surface area contributed by atoms with Gasteiger partial charge in [0.15, 0.2) is 12.1 Å². The molecule has 0 saturated carbocycles. The van der Waals surface area contributed by atoms with Gasteiger partial charge in [0.1, 0.15) is 5.60 Å². The van der Waals surface area contributed by atoms with Crippen molar-refractivity contribution in [3.63, 3.8) is 0 Å². The molecule has 0 N–H and O–H groups in total. The molecule has 0 bridgehead atoms. The highest BCUT2D eigenvalue weighted by Gasteiger charge is 2.35. The molecule has 1 unspecified atom stereocenters.